The Morgan fingerprint density at radius 3 is 2.51 bits per heavy atom. The number of rotatable bonds is 9. The average molecular weight is 556 g/mol. The number of anilines is 1. The van der Waals surface area contributed by atoms with Crippen LogP contribution in [0.5, 0.6) is 5.75 Å². The van der Waals surface area contributed by atoms with E-state index >= 15 is 0 Å². The van der Waals surface area contributed by atoms with Crippen LogP contribution in [0.25, 0.3) is 16.5 Å². The molecule has 2 heterocycles. The van der Waals surface area contributed by atoms with E-state index in [0.717, 1.165) is 66.3 Å². The molecular formula is C32H37N5O4. The molecule has 1 atom stereocenters. The van der Waals surface area contributed by atoms with Gasteiger partial charge in [-0.05, 0) is 48.0 Å². The SMILES string of the molecule is Cc1cccc(-n2nc(C(C)(C)C)cc2C(N=O)C(=O)Nc2ccc(OCCN3CCOCC3)c3ccccc23)c1. The van der Waals surface area contributed by atoms with Gasteiger partial charge in [-0.15, -0.1) is 4.91 Å². The minimum absolute atomic E-state index is 0.290. The van der Waals surface area contributed by atoms with Crippen molar-refractivity contribution >= 4 is 22.4 Å². The van der Waals surface area contributed by atoms with Gasteiger partial charge in [-0.3, -0.25) is 9.69 Å². The molecule has 1 amide bonds. The van der Waals surface area contributed by atoms with Crippen molar-refractivity contribution in [2.45, 2.75) is 39.2 Å². The highest BCUT2D eigenvalue weighted by Gasteiger charge is 2.30. The zero-order valence-electron chi connectivity index (χ0n) is 24.1. The maximum Gasteiger partial charge on any atom is 0.259 e. The fourth-order valence-electron chi connectivity index (χ4n) is 4.98. The number of hydrogen-bond acceptors (Lipinski definition) is 7. The van der Waals surface area contributed by atoms with E-state index in [0.29, 0.717) is 18.0 Å². The van der Waals surface area contributed by atoms with Gasteiger partial charge in [-0.2, -0.15) is 5.10 Å². The van der Waals surface area contributed by atoms with Gasteiger partial charge in [-0.25, -0.2) is 4.68 Å². The molecule has 1 aromatic heterocycles. The van der Waals surface area contributed by atoms with E-state index in [4.69, 9.17) is 14.6 Å². The van der Waals surface area contributed by atoms with E-state index in [1.54, 1.807) is 10.7 Å². The molecule has 9 heteroatoms. The molecule has 1 unspecified atom stereocenters. The standard InChI is InChI=1S/C32H37N5O4/c1-22-8-7-9-23(20-22)37-27(21-29(34-37)32(2,3)4)30(35-39)31(38)33-26-12-13-28(25-11-6-5-10-24(25)26)41-19-16-36-14-17-40-18-15-36/h5-13,20-21,30H,14-19H2,1-4H3,(H,33,38). The fraction of sp³-hybridized carbons (Fsp3) is 0.375. The topological polar surface area (TPSA) is 98.0 Å². The van der Waals surface area contributed by atoms with E-state index in [-0.39, 0.29) is 5.41 Å². The minimum atomic E-state index is -1.30. The van der Waals surface area contributed by atoms with Crippen LogP contribution >= 0.6 is 0 Å². The number of carbonyl (C=O) groups excluding carboxylic acids is 1. The molecule has 9 nitrogen and oxygen atoms in total. The predicted octanol–water partition coefficient (Wildman–Crippen LogP) is 5.79. The maximum atomic E-state index is 13.6. The van der Waals surface area contributed by atoms with Gasteiger partial charge < -0.3 is 14.8 Å². The number of nitrogens with zero attached hydrogens (tertiary/aromatic N) is 4. The van der Waals surface area contributed by atoms with Crippen LogP contribution in [-0.2, 0) is 14.9 Å². The molecule has 0 aliphatic carbocycles. The Balaban J connectivity index is 1.41. The summed E-state index contributed by atoms with van der Waals surface area (Å²) in [5.41, 5.74) is 3.28. The van der Waals surface area contributed by atoms with E-state index in [2.05, 4.69) is 15.4 Å². The van der Waals surface area contributed by atoms with Gasteiger partial charge in [0.15, 0.2) is 0 Å². The number of ether oxygens (including phenoxy) is 2. The molecule has 0 bridgehead atoms. The minimum Gasteiger partial charge on any atom is -0.492 e. The van der Waals surface area contributed by atoms with Gasteiger partial charge in [0, 0.05) is 41.5 Å². The lowest BCUT2D eigenvalue weighted by Gasteiger charge is -2.26. The quantitative estimate of drug-likeness (QED) is 0.263. The van der Waals surface area contributed by atoms with Gasteiger partial charge >= 0.3 is 0 Å². The average Bonchev–Trinajstić information content (AvgIpc) is 3.41. The molecular weight excluding hydrogens is 518 g/mol. The maximum absolute atomic E-state index is 13.6. The van der Waals surface area contributed by atoms with Crippen LogP contribution in [0.1, 0.15) is 43.8 Å². The number of nitroso groups, excluding NO2 is 1. The van der Waals surface area contributed by atoms with Crippen LogP contribution < -0.4 is 10.1 Å². The number of aryl methyl sites for hydroxylation is 1. The Hall–Kier alpha value is -4.08. The van der Waals surface area contributed by atoms with Gasteiger partial charge in [0.05, 0.1) is 30.3 Å². The van der Waals surface area contributed by atoms with Gasteiger partial charge in [0.1, 0.15) is 12.4 Å². The first-order valence-electron chi connectivity index (χ1n) is 14.0. The lowest BCUT2D eigenvalue weighted by molar-refractivity contribution is -0.117. The molecule has 1 N–H and O–H groups in total. The monoisotopic (exact) mass is 555 g/mol. The number of amides is 1. The first kappa shape index (κ1) is 28.4. The Morgan fingerprint density at radius 2 is 1.80 bits per heavy atom. The molecule has 0 saturated carbocycles. The summed E-state index contributed by atoms with van der Waals surface area (Å²) in [7, 11) is 0. The lowest BCUT2D eigenvalue weighted by Crippen LogP contribution is -2.38. The third-order valence-electron chi connectivity index (χ3n) is 7.30. The summed E-state index contributed by atoms with van der Waals surface area (Å²) >= 11 is 0. The largest absolute Gasteiger partial charge is 0.492 e. The van der Waals surface area contributed by atoms with E-state index in [9.17, 15) is 9.70 Å². The van der Waals surface area contributed by atoms with Crippen molar-refractivity contribution in [2.24, 2.45) is 5.18 Å². The van der Waals surface area contributed by atoms with Crippen LogP contribution in [0, 0.1) is 11.8 Å². The normalized spacial score (nSPS) is 15.0. The molecule has 1 fully saturated rings. The van der Waals surface area contributed by atoms with Crippen molar-refractivity contribution in [2.75, 3.05) is 44.8 Å². The van der Waals surface area contributed by atoms with Crippen molar-refractivity contribution in [3.05, 3.63) is 88.6 Å². The second-order valence-corrected chi connectivity index (χ2v) is 11.4. The Morgan fingerprint density at radius 1 is 1.05 bits per heavy atom. The zero-order chi connectivity index (χ0) is 29.0. The second kappa shape index (κ2) is 12.2. The van der Waals surface area contributed by atoms with Crippen LogP contribution in [0.15, 0.2) is 71.9 Å². The number of benzene rings is 3. The predicted molar refractivity (Wildman–Crippen MR) is 161 cm³/mol. The molecule has 0 radical (unpaired) electrons. The zero-order valence-corrected chi connectivity index (χ0v) is 24.1. The Labute approximate surface area is 240 Å². The van der Waals surface area contributed by atoms with Gasteiger partial charge in [0.2, 0.25) is 6.04 Å². The summed E-state index contributed by atoms with van der Waals surface area (Å²) in [4.78, 5) is 28.2. The van der Waals surface area contributed by atoms with Gasteiger partial charge in [-0.1, -0.05) is 57.2 Å². The summed E-state index contributed by atoms with van der Waals surface area (Å²) < 4.78 is 13.2. The molecule has 0 spiro atoms. The molecule has 1 saturated heterocycles. The molecule has 3 aromatic carbocycles. The third kappa shape index (κ3) is 6.47. The van der Waals surface area contributed by atoms with E-state index < -0.39 is 11.9 Å². The van der Waals surface area contributed by atoms with Gasteiger partial charge in [0.25, 0.3) is 5.91 Å². The van der Waals surface area contributed by atoms with Crippen molar-refractivity contribution < 1.29 is 14.3 Å². The number of hydrogen-bond donors (Lipinski definition) is 1. The smallest absolute Gasteiger partial charge is 0.259 e. The Kier molecular flexibility index (Phi) is 8.46. The summed E-state index contributed by atoms with van der Waals surface area (Å²) in [5.74, 6) is 0.213. The summed E-state index contributed by atoms with van der Waals surface area (Å²) in [6, 6.07) is 19.7. The molecule has 41 heavy (non-hydrogen) atoms. The highest BCUT2D eigenvalue weighted by Crippen LogP contribution is 2.34. The highest BCUT2D eigenvalue weighted by atomic mass is 16.5. The van der Waals surface area contributed by atoms with Crippen LogP contribution in [0.3, 0.4) is 0 Å². The first-order chi connectivity index (χ1) is 19.7. The molecule has 214 valence electrons. The number of aromatic nitrogens is 2. The molecule has 1 aliphatic rings. The van der Waals surface area contributed by atoms with Crippen LogP contribution in [0.4, 0.5) is 5.69 Å². The van der Waals surface area contributed by atoms with Crippen molar-refractivity contribution in [1.29, 1.82) is 0 Å². The summed E-state index contributed by atoms with van der Waals surface area (Å²) in [5, 5.41) is 12.7. The van der Waals surface area contributed by atoms with Crippen LogP contribution in [-0.4, -0.2) is 60.0 Å². The van der Waals surface area contributed by atoms with Crippen molar-refractivity contribution in [1.82, 2.24) is 14.7 Å². The first-order valence-corrected chi connectivity index (χ1v) is 14.0. The van der Waals surface area contributed by atoms with Crippen molar-refractivity contribution in [3.8, 4) is 11.4 Å². The summed E-state index contributed by atoms with van der Waals surface area (Å²) in [6.45, 7) is 12.8. The number of carbonyl (C=O) groups is 1. The van der Waals surface area contributed by atoms with E-state index in [1.807, 2.05) is 88.4 Å². The fourth-order valence-corrected chi connectivity index (χ4v) is 4.98. The molecule has 1 aliphatic heterocycles. The number of fused-ring (bicyclic) bond motifs is 1. The lowest BCUT2D eigenvalue weighted by atomic mass is 9.92. The number of nitrogens with one attached hydrogen (secondary N) is 1. The van der Waals surface area contributed by atoms with E-state index in [1.165, 1.54) is 0 Å². The molecule has 4 aromatic rings. The Bertz CT molecular complexity index is 1530. The summed E-state index contributed by atoms with van der Waals surface area (Å²) in [6.07, 6.45) is 0. The highest BCUT2D eigenvalue weighted by molar-refractivity contribution is 6.05. The molecule has 5 rings (SSSR count). The van der Waals surface area contributed by atoms with Crippen LogP contribution in [0.2, 0.25) is 0 Å². The number of morpholine rings is 1. The van der Waals surface area contributed by atoms with Crippen molar-refractivity contribution in [3.63, 3.8) is 0 Å². The second-order valence-electron chi connectivity index (χ2n) is 11.4. The third-order valence-corrected chi connectivity index (χ3v) is 7.30.